The van der Waals surface area contributed by atoms with E-state index in [0.717, 1.165) is 60.0 Å². The van der Waals surface area contributed by atoms with Gasteiger partial charge in [0.2, 0.25) is 0 Å². The van der Waals surface area contributed by atoms with Gasteiger partial charge in [0.05, 0.1) is 29.7 Å². The van der Waals surface area contributed by atoms with Gasteiger partial charge in [0, 0.05) is 36.3 Å². The third-order valence-corrected chi connectivity index (χ3v) is 12.7. The Morgan fingerprint density at radius 2 is 1.66 bits per heavy atom. The highest BCUT2D eigenvalue weighted by molar-refractivity contribution is 7.85. The molecule has 0 unspecified atom stereocenters. The number of rotatable bonds is 11. The molecule has 2 atom stereocenters. The monoisotopic (exact) mass is 656 g/mol. The van der Waals surface area contributed by atoms with E-state index < -0.39 is 10.0 Å². The van der Waals surface area contributed by atoms with Gasteiger partial charge in [0.25, 0.3) is 15.9 Å². The van der Waals surface area contributed by atoms with Crippen molar-refractivity contribution in [3.8, 4) is 0 Å². The highest BCUT2D eigenvalue weighted by atomic mass is 35.5. The van der Waals surface area contributed by atoms with Crippen molar-refractivity contribution in [3.63, 3.8) is 0 Å². The van der Waals surface area contributed by atoms with Gasteiger partial charge in [-0.25, -0.2) is 3.89 Å². The van der Waals surface area contributed by atoms with Crippen molar-refractivity contribution in [1.82, 2.24) is 4.90 Å². The molecule has 2 aliphatic rings. The van der Waals surface area contributed by atoms with Gasteiger partial charge in [0.15, 0.2) is 0 Å². The molecule has 0 bridgehead atoms. The van der Waals surface area contributed by atoms with Crippen molar-refractivity contribution in [1.29, 1.82) is 0 Å². The van der Waals surface area contributed by atoms with Gasteiger partial charge in [-0.1, -0.05) is 71.1 Å². The number of quaternary nitrogens is 1. The number of piperidine rings is 1. The number of benzene rings is 3. The minimum absolute atomic E-state index is 0.0173. The Hall–Kier alpha value is -2.58. The van der Waals surface area contributed by atoms with Crippen LogP contribution in [-0.2, 0) is 10.0 Å². The largest absolute Gasteiger partial charge is 0.378 e. The number of likely N-dealkylation sites (tertiary alicyclic amines) is 1. The summed E-state index contributed by atoms with van der Waals surface area (Å²) in [5.74, 6) is 0.0969. The van der Waals surface area contributed by atoms with Gasteiger partial charge in [-0.05, 0) is 81.8 Å². The van der Waals surface area contributed by atoms with E-state index >= 15 is 0 Å². The average molecular weight is 658 g/mol. The quantitative estimate of drug-likeness (QED) is 0.167. The van der Waals surface area contributed by atoms with Gasteiger partial charge >= 0.3 is 0 Å². The number of sulfonamides is 1. The van der Waals surface area contributed by atoms with Crippen molar-refractivity contribution < 1.29 is 17.1 Å². The topological polar surface area (TPSA) is 66.5 Å². The molecule has 2 aliphatic heterocycles. The van der Waals surface area contributed by atoms with Gasteiger partial charge in [-0.15, -0.1) is 0 Å². The molecule has 5 rings (SSSR count). The number of nitrogens with one attached hydrogen (secondary N) is 1. The molecule has 9 heteroatoms. The number of para-hydroxylation sites is 1. The summed E-state index contributed by atoms with van der Waals surface area (Å²) in [5.41, 5.74) is 5.94. The number of carbonyl (C=O) groups is 1. The minimum atomic E-state index is -3.43. The Morgan fingerprint density at radius 1 is 0.955 bits per heavy atom. The van der Waals surface area contributed by atoms with Crippen molar-refractivity contribution >= 4 is 44.8 Å². The van der Waals surface area contributed by atoms with Crippen molar-refractivity contribution in [3.05, 3.63) is 98.5 Å². The number of amides is 1. The zero-order chi connectivity index (χ0) is 31.5. The van der Waals surface area contributed by atoms with Gasteiger partial charge in [-0.2, -0.15) is 8.42 Å². The van der Waals surface area contributed by atoms with Crippen LogP contribution in [0.25, 0.3) is 0 Å². The summed E-state index contributed by atoms with van der Waals surface area (Å²) in [5, 5.41) is 4.42. The number of aryl methyl sites for hydroxylation is 2. The lowest BCUT2D eigenvalue weighted by atomic mass is 9.93. The summed E-state index contributed by atoms with van der Waals surface area (Å²) >= 11 is 12.6. The number of likely N-dealkylation sites (N-methyl/N-ethyl adjacent to an activating group) is 1. The summed E-state index contributed by atoms with van der Waals surface area (Å²) in [6.07, 6.45) is 4.95. The van der Waals surface area contributed by atoms with Crippen LogP contribution < -0.4 is 5.32 Å². The molecule has 1 fully saturated rings. The van der Waals surface area contributed by atoms with Gasteiger partial charge < -0.3 is 10.2 Å². The molecule has 1 saturated heterocycles. The number of hydrogen-bond donors (Lipinski definition) is 1. The fraction of sp³-hybridized carbons (Fsp3) is 0.457. The average Bonchev–Trinajstić information content (AvgIpc) is 3.44. The van der Waals surface area contributed by atoms with Crippen LogP contribution in [0.1, 0.15) is 83.1 Å². The van der Waals surface area contributed by atoms with E-state index in [9.17, 15) is 13.2 Å². The van der Waals surface area contributed by atoms with Crippen molar-refractivity contribution in [2.24, 2.45) is 0 Å². The number of fused-ring (bicyclic) bond motifs is 1. The van der Waals surface area contributed by atoms with Crippen LogP contribution in [0.4, 0.5) is 5.69 Å². The molecular weight excluding hydrogens is 613 g/mol. The predicted octanol–water partition coefficient (Wildman–Crippen LogP) is 8.13. The summed E-state index contributed by atoms with van der Waals surface area (Å²) in [7, 11) is -1.61. The zero-order valence-electron chi connectivity index (χ0n) is 26.0. The number of unbranched alkanes of at least 4 members (excludes halogenated alkanes) is 1. The molecule has 236 valence electrons. The number of nitrogens with zero attached hydrogens (tertiary/aromatic N) is 2. The standard InChI is InChI=1S/C35H44Cl2N3O3S/c1-25-19-26(2)21-29(20-25)35(41)39(3)24-28(27-14-15-31(36)32(37)22-27)11-7-10-18-44(42,43)40(16-8-4-9-17-40)34-23-38-33-13-6-5-12-30(33)34/h5-6,12-15,19-22,28,34,38H,4,7-11,16-18,23-24H2,1-3H3/q+1/t28-,34+/m1/s1. The second-order valence-electron chi connectivity index (χ2n) is 12.7. The molecule has 3 aromatic carbocycles. The lowest BCUT2D eigenvalue weighted by molar-refractivity contribution is -0.842. The molecule has 0 aliphatic carbocycles. The van der Waals surface area contributed by atoms with Crippen LogP contribution in [-0.4, -0.2) is 62.1 Å². The molecule has 44 heavy (non-hydrogen) atoms. The first-order chi connectivity index (χ1) is 21.0. The van der Waals surface area contributed by atoms with E-state index in [1.165, 1.54) is 0 Å². The van der Waals surface area contributed by atoms with Crippen LogP contribution in [0.3, 0.4) is 0 Å². The summed E-state index contributed by atoms with van der Waals surface area (Å²) in [6, 6.07) is 19.6. The first kappa shape index (κ1) is 32.8. The molecule has 1 N–H and O–H groups in total. The second kappa shape index (κ2) is 13.8. The van der Waals surface area contributed by atoms with E-state index in [1.54, 1.807) is 11.0 Å². The Kier molecular flexibility index (Phi) is 10.3. The Bertz CT molecular complexity index is 1580. The number of carbonyl (C=O) groups excluding carboxylic acids is 1. The minimum Gasteiger partial charge on any atom is -0.378 e. The number of anilines is 1. The SMILES string of the molecule is Cc1cc(C)cc(C(=O)N(C)C[C@@H](CCCCS(=O)(=O)[N+]2([C@H]3CNc4ccccc43)CCCCC2)c2ccc(Cl)c(Cl)c2)c1. The third kappa shape index (κ3) is 6.96. The molecular formula is C35H44Cl2N3O3S+. The molecule has 0 radical (unpaired) electrons. The van der Waals surface area contributed by atoms with E-state index in [0.29, 0.717) is 48.2 Å². The van der Waals surface area contributed by atoms with E-state index in [2.05, 4.69) is 17.4 Å². The molecule has 3 aromatic rings. The van der Waals surface area contributed by atoms with E-state index in [4.69, 9.17) is 23.2 Å². The molecule has 0 saturated carbocycles. The molecule has 6 nitrogen and oxygen atoms in total. The maximum absolute atomic E-state index is 14.2. The lowest BCUT2D eigenvalue weighted by Crippen LogP contribution is -2.58. The van der Waals surface area contributed by atoms with Crippen LogP contribution in [0.5, 0.6) is 0 Å². The summed E-state index contributed by atoms with van der Waals surface area (Å²) in [6.45, 7) is 6.46. The number of halogens is 2. The molecule has 1 amide bonds. The van der Waals surface area contributed by atoms with Crippen molar-refractivity contribution in [2.75, 3.05) is 44.3 Å². The van der Waals surface area contributed by atoms with Crippen LogP contribution >= 0.6 is 23.2 Å². The Labute approximate surface area is 273 Å². The Balaban J connectivity index is 1.30. The maximum atomic E-state index is 14.2. The third-order valence-electron chi connectivity index (χ3n) is 9.43. The van der Waals surface area contributed by atoms with Crippen LogP contribution in [0.15, 0.2) is 60.7 Å². The summed E-state index contributed by atoms with van der Waals surface area (Å²) < 4.78 is 28.6. The maximum Gasteiger partial charge on any atom is 0.297 e. The highest BCUT2D eigenvalue weighted by Crippen LogP contribution is 2.43. The second-order valence-corrected chi connectivity index (χ2v) is 15.8. The normalized spacial score (nSPS) is 18.3. The zero-order valence-corrected chi connectivity index (χ0v) is 28.3. The molecule has 0 spiro atoms. The highest BCUT2D eigenvalue weighted by Gasteiger charge is 2.51. The molecule has 2 heterocycles. The fourth-order valence-electron chi connectivity index (χ4n) is 7.23. The molecule has 0 aromatic heterocycles. The first-order valence-corrected chi connectivity index (χ1v) is 18.1. The summed E-state index contributed by atoms with van der Waals surface area (Å²) in [4.78, 5) is 15.2. The fourth-order valence-corrected chi connectivity index (χ4v) is 9.86. The Morgan fingerprint density at radius 3 is 2.36 bits per heavy atom. The van der Waals surface area contributed by atoms with Crippen LogP contribution in [0, 0.1) is 13.8 Å². The number of hydrogen-bond acceptors (Lipinski definition) is 4. The smallest absolute Gasteiger partial charge is 0.297 e. The van der Waals surface area contributed by atoms with Gasteiger partial charge in [-0.3, -0.25) is 4.79 Å². The van der Waals surface area contributed by atoms with Gasteiger partial charge in [0.1, 0.15) is 11.8 Å². The van der Waals surface area contributed by atoms with Crippen molar-refractivity contribution in [2.45, 2.75) is 64.3 Å². The lowest BCUT2D eigenvalue weighted by Gasteiger charge is -2.44. The van der Waals surface area contributed by atoms with E-state index in [-0.39, 0.29) is 27.5 Å². The van der Waals surface area contributed by atoms with E-state index in [1.807, 2.05) is 63.4 Å². The first-order valence-electron chi connectivity index (χ1n) is 15.7. The predicted molar refractivity (Wildman–Crippen MR) is 181 cm³/mol. The van der Waals surface area contributed by atoms with Crippen LogP contribution in [0.2, 0.25) is 10.0 Å².